The SMILES string of the molecule is Nc1ccc(Nc2nc3cccc(-c4ccc(F)cc4)n3n2)cc1. The van der Waals surface area contributed by atoms with Gasteiger partial charge in [-0.3, -0.25) is 0 Å². The van der Waals surface area contributed by atoms with Gasteiger partial charge in [0.05, 0.1) is 5.69 Å². The highest BCUT2D eigenvalue weighted by molar-refractivity contribution is 5.65. The fraction of sp³-hybridized carbons (Fsp3) is 0. The summed E-state index contributed by atoms with van der Waals surface area (Å²) in [5.41, 5.74) is 9.64. The molecule has 0 saturated carbocycles. The molecule has 0 fully saturated rings. The van der Waals surface area contributed by atoms with Crippen molar-refractivity contribution < 1.29 is 4.39 Å². The topological polar surface area (TPSA) is 68.2 Å². The molecule has 3 N–H and O–H groups in total. The van der Waals surface area contributed by atoms with E-state index in [2.05, 4.69) is 15.4 Å². The highest BCUT2D eigenvalue weighted by Gasteiger charge is 2.09. The van der Waals surface area contributed by atoms with Crippen LogP contribution in [0.4, 0.5) is 21.7 Å². The number of halogens is 1. The molecule has 2 heterocycles. The Morgan fingerprint density at radius 3 is 2.42 bits per heavy atom. The highest BCUT2D eigenvalue weighted by atomic mass is 19.1. The van der Waals surface area contributed by atoms with Crippen LogP contribution >= 0.6 is 0 Å². The van der Waals surface area contributed by atoms with Gasteiger partial charge in [0.25, 0.3) is 0 Å². The van der Waals surface area contributed by atoms with E-state index in [0.29, 0.717) is 17.3 Å². The van der Waals surface area contributed by atoms with Crippen molar-refractivity contribution in [1.82, 2.24) is 14.6 Å². The number of hydrogen-bond acceptors (Lipinski definition) is 4. The second-order valence-corrected chi connectivity index (χ2v) is 5.37. The predicted molar refractivity (Wildman–Crippen MR) is 92.5 cm³/mol. The van der Waals surface area contributed by atoms with Crippen molar-refractivity contribution >= 4 is 23.0 Å². The Balaban J connectivity index is 1.74. The van der Waals surface area contributed by atoms with E-state index in [-0.39, 0.29) is 5.82 Å². The van der Waals surface area contributed by atoms with Crippen LogP contribution in [0.5, 0.6) is 0 Å². The third-order valence-corrected chi connectivity index (χ3v) is 3.67. The van der Waals surface area contributed by atoms with Gasteiger partial charge in [0, 0.05) is 16.9 Å². The largest absolute Gasteiger partial charge is 0.399 e. The minimum atomic E-state index is -0.268. The summed E-state index contributed by atoms with van der Waals surface area (Å²) in [6, 6.07) is 19.3. The number of fused-ring (bicyclic) bond motifs is 1. The Morgan fingerprint density at radius 2 is 1.67 bits per heavy atom. The van der Waals surface area contributed by atoms with Gasteiger partial charge in [-0.25, -0.2) is 8.91 Å². The quantitative estimate of drug-likeness (QED) is 0.563. The first-order chi connectivity index (χ1) is 11.7. The molecule has 0 bridgehead atoms. The molecule has 6 heteroatoms. The molecule has 0 amide bonds. The zero-order chi connectivity index (χ0) is 16.5. The minimum Gasteiger partial charge on any atom is -0.399 e. The molecular weight excluding hydrogens is 305 g/mol. The van der Waals surface area contributed by atoms with Crippen molar-refractivity contribution in [2.75, 3.05) is 11.1 Å². The minimum absolute atomic E-state index is 0.268. The van der Waals surface area contributed by atoms with Gasteiger partial charge in [0.15, 0.2) is 5.65 Å². The first kappa shape index (κ1) is 14.2. The van der Waals surface area contributed by atoms with Crippen LogP contribution in [-0.4, -0.2) is 14.6 Å². The average Bonchev–Trinajstić information content (AvgIpc) is 3.00. The van der Waals surface area contributed by atoms with Crippen molar-refractivity contribution in [3.05, 3.63) is 72.5 Å². The van der Waals surface area contributed by atoms with Gasteiger partial charge in [-0.1, -0.05) is 6.07 Å². The van der Waals surface area contributed by atoms with Crippen LogP contribution in [0.3, 0.4) is 0 Å². The number of nitrogen functional groups attached to an aromatic ring is 1. The van der Waals surface area contributed by atoms with Gasteiger partial charge < -0.3 is 11.1 Å². The van der Waals surface area contributed by atoms with Crippen LogP contribution in [0.15, 0.2) is 66.7 Å². The standard InChI is InChI=1S/C18H14FN5/c19-13-6-4-12(5-7-13)16-2-1-3-17-22-18(23-24(16)17)21-15-10-8-14(20)9-11-15/h1-11H,20H2,(H,21,23). The number of anilines is 3. The van der Waals surface area contributed by atoms with Crippen LogP contribution in [0.1, 0.15) is 0 Å². The number of nitrogens with one attached hydrogen (secondary N) is 1. The van der Waals surface area contributed by atoms with E-state index in [1.165, 1.54) is 12.1 Å². The summed E-state index contributed by atoms with van der Waals surface area (Å²) in [7, 11) is 0. The van der Waals surface area contributed by atoms with Crippen LogP contribution in [0.25, 0.3) is 16.9 Å². The van der Waals surface area contributed by atoms with Crippen molar-refractivity contribution in [3.63, 3.8) is 0 Å². The van der Waals surface area contributed by atoms with E-state index in [0.717, 1.165) is 16.9 Å². The van der Waals surface area contributed by atoms with Crippen LogP contribution in [0.2, 0.25) is 0 Å². The number of aromatic nitrogens is 3. The summed E-state index contributed by atoms with van der Waals surface area (Å²) in [6.07, 6.45) is 0. The van der Waals surface area contributed by atoms with E-state index in [4.69, 9.17) is 5.73 Å². The van der Waals surface area contributed by atoms with E-state index in [1.54, 1.807) is 16.6 Å². The lowest BCUT2D eigenvalue weighted by Crippen LogP contribution is -1.96. The van der Waals surface area contributed by atoms with Gasteiger partial charge in [-0.15, -0.1) is 5.10 Å². The Labute approximate surface area is 137 Å². The molecule has 0 saturated heterocycles. The van der Waals surface area contributed by atoms with Gasteiger partial charge >= 0.3 is 0 Å². The molecule has 4 rings (SSSR count). The molecule has 24 heavy (non-hydrogen) atoms. The summed E-state index contributed by atoms with van der Waals surface area (Å²) in [5.74, 6) is 0.213. The van der Waals surface area contributed by atoms with E-state index >= 15 is 0 Å². The van der Waals surface area contributed by atoms with Gasteiger partial charge in [-0.05, 0) is 60.7 Å². The van der Waals surface area contributed by atoms with Crippen molar-refractivity contribution in [3.8, 4) is 11.3 Å². The van der Waals surface area contributed by atoms with E-state index < -0.39 is 0 Å². The lowest BCUT2D eigenvalue weighted by Gasteiger charge is -2.04. The molecule has 0 radical (unpaired) electrons. The highest BCUT2D eigenvalue weighted by Crippen LogP contribution is 2.22. The first-order valence-electron chi connectivity index (χ1n) is 7.43. The van der Waals surface area contributed by atoms with Crippen molar-refractivity contribution in [2.45, 2.75) is 0 Å². The van der Waals surface area contributed by atoms with Crippen molar-refractivity contribution in [2.24, 2.45) is 0 Å². The molecule has 0 aliphatic rings. The maximum Gasteiger partial charge on any atom is 0.247 e. The summed E-state index contributed by atoms with van der Waals surface area (Å²) in [6.45, 7) is 0. The van der Waals surface area contributed by atoms with Crippen molar-refractivity contribution in [1.29, 1.82) is 0 Å². The number of nitrogens with two attached hydrogens (primary N) is 1. The smallest absolute Gasteiger partial charge is 0.247 e. The lowest BCUT2D eigenvalue weighted by molar-refractivity contribution is 0.628. The number of pyridine rings is 1. The van der Waals surface area contributed by atoms with Gasteiger partial charge in [-0.2, -0.15) is 4.98 Å². The molecule has 0 spiro atoms. The molecule has 0 unspecified atom stereocenters. The monoisotopic (exact) mass is 319 g/mol. The average molecular weight is 319 g/mol. The number of nitrogens with zero attached hydrogens (tertiary/aromatic N) is 3. The summed E-state index contributed by atoms with van der Waals surface area (Å²) < 4.78 is 14.9. The number of benzene rings is 2. The maximum atomic E-state index is 13.1. The molecule has 4 aromatic rings. The molecule has 2 aromatic carbocycles. The molecule has 0 aliphatic carbocycles. The molecule has 5 nitrogen and oxygen atoms in total. The first-order valence-corrected chi connectivity index (χ1v) is 7.43. The summed E-state index contributed by atoms with van der Waals surface area (Å²) in [5, 5.41) is 7.65. The van der Waals surface area contributed by atoms with Crippen LogP contribution in [0, 0.1) is 5.82 Å². The zero-order valence-electron chi connectivity index (χ0n) is 12.6. The lowest BCUT2D eigenvalue weighted by atomic mass is 10.1. The fourth-order valence-electron chi connectivity index (χ4n) is 2.49. The van der Waals surface area contributed by atoms with E-state index in [9.17, 15) is 4.39 Å². The third kappa shape index (κ3) is 2.65. The Bertz CT molecular complexity index is 990. The van der Waals surface area contributed by atoms with Crippen LogP contribution in [-0.2, 0) is 0 Å². The predicted octanol–water partition coefficient (Wildman–Crippen LogP) is 3.86. The Kier molecular flexibility index (Phi) is 3.35. The van der Waals surface area contributed by atoms with E-state index in [1.807, 2.05) is 42.5 Å². The zero-order valence-corrected chi connectivity index (χ0v) is 12.6. The molecular formula is C18H14FN5. The molecule has 2 aromatic heterocycles. The fourth-order valence-corrected chi connectivity index (χ4v) is 2.49. The van der Waals surface area contributed by atoms with Crippen LogP contribution < -0.4 is 11.1 Å². The molecule has 0 atom stereocenters. The second kappa shape index (κ2) is 5.66. The Hall–Kier alpha value is -3.41. The maximum absolute atomic E-state index is 13.1. The van der Waals surface area contributed by atoms with Gasteiger partial charge in [0.1, 0.15) is 5.82 Å². The number of hydrogen-bond donors (Lipinski definition) is 2. The third-order valence-electron chi connectivity index (χ3n) is 3.67. The normalized spacial score (nSPS) is 10.9. The van der Waals surface area contributed by atoms with Gasteiger partial charge in [0.2, 0.25) is 5.95 Å². The second-order valence-electron chi connectivity index (χ2n) is 5.37. The Morgan fingerprint density at radius 1 is 0.917 bits per heavy atom. The number of rotatable bonds is 3. The summed E-state index contributed by atoms with van der Waals surface area (Å²) >= 11 is 0. The summed E-state index contributed by atoms with van der Waals surface area (Å²) in [4.78, 5) is 4.47. The molecule has 118 valence electrons. The molecule has 0 aliphatic heterocycles.